The molecule has 232 valence electrons. The summed E-state index contributed by atoms with van der Waals surface area (Å²) in [5.41, 5.74) is 0. The fraction of sp³-hybridized carbons (Fsp3) is 0.500. The van der Waals surface area contributed by atoms with E-state index in [1.807, 2.05) is 18.2 Å². The summed E-state index contributed by atoms with van der Waals surface area (Å²) in [6.45, 7) is 5.69. The first-order valence-electron chi connectivity index (χ1n) is 15.2. The molecule has 0 N–H and O–H groups in total. The van der Waals surface area contributed by atoms with E-state index in [4.69, 9.17) is 24.4 Å². The number of halogens is 1. The van der Waals surface area contributed by atoms with E-state index < -0.39 is 0 Å². The number of carbonyl (C=O) groups excluding carboxylic acids is 2. The third kappa shape index (κ3) is 9.56. The third-order valence-electron chi connectivity index (χ3n) is 7.32. The molecule has 2 aromatic rings. The molecule has 0 atom stereocenters. The number of thiophene rings is 2. The summed E-state index contributed by atoms with van der Waals surface area (Å²) in [6.07, 6.45) is 17.5. The fourth-order valence-corrected chi connectivity index (χ4v) is 9.71. The van der Waals surface area contributed by atoms with Gasteiger partial charge in [0.2, 0.25) is 0 Å². The largest absolute Gasteiger partial charge is 0.293 e. The zero-order valence-corrected chi connectivity index (χ0v) is 29.7. The molecule has 2 fully saturated rings. The first-order chi connectivity index (χ1) is 20.8. The van der Waals surface area contributed by atoms with Crippen LogP contribution in [0.15, 0.2) is 28.0 Å². The van der Waals surface area contributed by atoms with Crippen LogP contribution in [0.3, 0.4) is 0 Å². The van der Waals surface area contributed by atoms with Gasteiger partial charge < -0.3 is 0 Å². The molecule has 0 saturated carbocycles. The molecule has 11 heteroatoms. The van der Waals surface area contributed by atoms with Gasteiger partial charge in [-0.3, -0.25) is 19.4 Å². The lowest BCUT2D eigenvalue weighted by molar-refractivity contribution is -0.123. The van der Waals surface area contributed by atoms with Gasteiger partial charge in [-0.1, -0.05) is 126 Å². The summed E-state index contributed by atoms with van der Waals surface area (Å²) < 4.78 is 16.2. The van der Waals surface area contributed by atoms with Crippen molar-refractivity contribution in [2.75, 3.05) is 13.1 Å². The second kappa shape index (κ2) is 17.4. The van der Waals surface area contributed by atoms with Gasteiger partial charge in [0.1, 0.15) is 14.5 Å². The van der Waals surface area contributed by atoms with E-state index in [9.17, 15) is 9.59 Å². The lowest BCUT2D eigenvalue weighted by Gasteiger charge is -2.13. The maximum atomic E-state index is 15.1. The standard InChI is InChI=1S/C32H39FN2O2S6/c1-3-5-7-9-11-13-17-34-29(36)26(42-31(34)38)20-22-15-16-25(40-22)28-24(33)19-23(41-28)21-27-30(37)35(32(39)43-27)18-14-12-10-8-6-4-2/h15-16,19-21H,3-14,17-18H2,1-2H3/b26-20-,27-21-. The Bertz CT molecular complexity index is 1380. The van der Waals surface area contributed by atoms with Crippen LogP contribution in [0.2, 0.25) is 0 Å². The minimum Gasteiger partial charge on any atom is -0.293 e. The maximum absolute atomic E-state index is 15.1. The third-order valence-corrected chi connectivity index (χ3v) is 12.3. The number of hydrogen-bond donors (Lipinski definition) is 0. The van der Waals surface area contributed by atoms with Crippen LogP contribution < -0.4 is 0 Å². The summed E-state index contributed by atoms with van der Waals surface area (Å²) in [5, 5.41) is 0. The van der Waals surface area contributed by atoms with Crippen LogP contribution in [0.4, 0.5) is 4.39 Å². The van der Waals surface area contributed by atoms with Crippen LogP contribution in [0.1, 0.15) is 101 Å². The molecule has 4 rings (SSSR count). The number of carbonyl (C=O) groups is 2. The molecule has 4 nitrogen and oxygen atoms in total. The van der Waals surface area contributed by atoms with Gasteiger partial charge in [0.05, 0.1) is 14.7 Å². The van der Waals surface area contributed by atoms with Crippen molar-refractivity contribution in [2.24, 2.45) is 0 Å². The Kier molecular flexibility index (Phi) is 13.9. The van der Waals surface area contributed by atoms with Gasteiger partial charge in [-0.2, -0.15) is 0 Å². The molecule has 2 amide bonds. The normalized spacial score (nSPS) is 17.6. The summed E-state index contributed by atoms with van der Waals surface area (Å²) in [4.78, 5) is 33.4. The second-order valence-corrected chi connectivity index (χ2v) is 16.3. The van der Waals surface area contributed by atoms with Crippen LogP contribution >= 0.6 is 70.6 Å². The quantitative estimate of drug-likeness (QED) is 0.0933. The van der Waals surface area contributed by atoms with Crippen LogP contribution in [0.25, 0.3) is 21.9 Å². The molecule has 0 aliphatic carbocycles. The number of thiocarbonyl (C=S) groups is 2. The van der Waals surface area contributed by atoms with Crippen molar-refractivity contribution in [1.82, 2.24) is 9.80 Å². The van der Waals surface area contributed by atoms with Gasteiger partial charge in [0, 0.05) is 27.7 Å². The number of rotatable bonds is 17. The molecular formula is C32H39FN2O2S6. The molecule has 0 spiro atoms. The maximum Gasteiger partial charge on any atom is 0.266 e. The van der Waals surface area contributed by atoms with Gasteiger partial charge >= 0.3 is 0 Å². The summed E-state index contributed by atoms with van der Waals surface area (Å²) in [5.74, 6) is -0.458. The highest BCUT2D eigenvalue weighted by Crippen LogP contribution is 2.41. The van der Waals surface area contributed by atoms with Gasteiger partial charge in [0.15, 0.2) is 0 Å². The molecule has 2 aromatic heterocycles. The van der Waals surface area contributed by atoms with Crippen molar-refractivity contribution in [3.8, 4) is 9.75 Å². The Morgan fingerprint density at radius 1 is 0.698 bits per heavy atom. The molecule has 43 heavy (non-hydrogen) atoms. The van der Waals surface area contributed by atoms with Crippen molar-refractivity contribution in [3.05, 3.63) is 43.6 Å². The first kappa shape index (κ1) is 34.5. The Morgan fingerprint density at radius 3 is 1.72 bits per heavy atom. The van der Waals surface area contributed by atoms with Crippen molar-refractivity contribution in [2.45, 2.75) is 90.9 Å². The van der Waals surface area contributed by atoms with E-state index in [2.05, 4.69) is 13.8 Å². The molecule has 4 heterocycles. The van der Waals surface area contributed by atoms with E-state index in [1.165, 1.54) is 104 Å². The van der Waals surface area contributed by atoms with Crippen molar-refractivity contribution in [3.63, 3.8) is 0 Å². The van der Waals surface area contributed by atoms with E-state index in [-0.39, 0.29) is 17.6 Å². The zero-order valence-electron chi connectivity index (χ0n) is 24.8. The summed E-state index contributed by atoms with van der Waals surface area (Å²) in [6, 6.07) is 5.27. The lowest BCUT2D eigenvalue weighted by atomic mass is 10.1. The molecule has 0 bridgehead atoms. The molecular weight excluding hydrogens is 656 g/mol. The van der Waals surface area contributed by atoms with Crippen LogP contribution in [0.5, 0.6) is 0 Å². The van der Waals surface area contributed by atoms with Crippen molar-refractivity contribution in [1.29, 1.82) is 0 Å². The number of amides is 2. The van der Waals surface area contributed by atoms with Gasteiger partial charge in [-0.05, 0) is 43.2 Å². The number of hydrogen-bond acceptors (Lipinski definition) is 8. The lowest BCUT2D eigenvalue weighted by Crippen LogP contribution is -2.28. The Balaban J connectivity index is 1.35. The Labute approximate surface area is 282 Å². The van der Waals surface area contributed by atoms with Crippen molar-refractivity contribution < 1.29 is 14.0 Å². The van der Waals surface area contributed by atoms with Crippen molar-refractivity contribution >= 4 is 103 Å². The fourth-order valence-electron chi connectivity index (χ4n) is 4.92. The smallest absolute Gasteiger partial charge is 0.266 e. The molecule has 2 aliphatic rings. The van der Waals surface area contributed by atoms with Gasteiger partial charge in [-0.15, -0.1) is 22.7 Å². The zero-order chi connectivity index (χ0) is 30.8. The highest BCUT2D eigenvalue weighted by atomic mass is 32.2. The molecule has 2 aliphatic heterocycles. The average molecular weight is 695 g/mol. The molecule has 0 radical (unpaired) electrons. The second-order valence-electron chi connectivity index (χ2n) is 10.7. The SMILES string of the molecule is CCCCCCCCN1C(=O)/C(=C/c2ccc(-c3sc(/C=C4\SC(=S)N(CCCCCCCC)C4=O)cc3F)s2)SC1=S. The van der Waals surface area contributed by atoms with Crippen LogP contribution in [0, 0.1) is 5.82 Å². The number of thioether (sulfide) groups is 2. The van der Waals surface area contributed by atoms with E-state index in [0.717, 1.165) is 35.4 Å². The minimum atomic E-state index is -0.322. The minimum absolute atomic E-state index is 0.0445. The summed E-state index contributed by atoms with van der Waals surface area (Å²) >= 11 is 16.4. The van der Waals surface area contributed by atoms with Gasteiger partial charge in [-0.25, -0.2) is 4.39 Å². The number of unbranched alkanes of at least 4 members (excludes halogenated alkanes) is 10. The molecule has 2 saturated heterocycles. The topological polar surface area (TPSA) is 40.6 Å². The Hall–Kier alpha value is -1.37. The monoisotopic (exact) mass is 694 g/mol. The number of nitrogens with zero attached hydrogens (tertiary/aromatic N) is 2. The summed E-state index contributed by atoms with van der Waals surface area (Å²) in [7, 11) is 0. The van der Waals surface area contributed by atoms with E-state index in [0.29, 0.717) is 41.3 Å². The van der Waals surface area contributed by atoms with Gasteiger partial charge in [0.25, 0.3) is 11.8 Å². The molecule has 0 aromatic carbocycles. The molecule has 0 unspecified atom stereocenters. The first-order valence-corrected chi connectivity index (χ1v) is 19.3. The Morgan fingerprint density at radius 2 is 1.19 bits per heavy atom. The predicted octanol–water partition coefficient (Wildman–Crippen LogP) is 10.7. The van der Waals surface area contributed by atoms with Crippen LogP contribution in [-0.4, -0.2) is 43.3 Å². The highest BCUT2D eigenvalue weighted by Gasteiger charge is 2.33. The predicted molar refractivity (Wildman–Crippen MR) is 194 cm³/mol. The van der Waals surface area contributed by atoms with Crippen LogP contribution in [-0.2, 0) is 9.59 Å². The van der Waals surface area contributed by atoms with E-state index in [1.54, 1.807) is 15.9 Å². The average Bonchev–Trinajstić information content (AvgIpc) is 3.72. The highest BCUT2D eigenvalue weighted by molar-refractivity contribution is 8.27. The van der Waals surface area contributed by atoms with E-state index >= 15 is 4.39 Å².